The van der Waals surface area contributed by atoms with E-state index in [1.165, 1.54) is 4.90 Å². The van der Waals surface area contributed by atoms with Crippen molar-refractivity contribution in [1.82, 2.24) is 5.16 Å². The summed E-state index contributed by atoms with van der Waals surface area (Å²) in [5.74, 6) is 0.716. The molecule has 2 saturated carbocycles. The molecule has 3 aliphatic rings. The second kappa shape index (κ2) is 4.16. The standard InChI is InChI=1S/C13H12Br2N2O3/c1-4-2-7(16-20-4)17-12(18)8-5-3-6(9(8)13(17)19)11(15)10(5)14/h2,5-6,8-11H,3H2,1H3/t5-,6+,8+,9-,10?,11?. The molecule has 1 saturated heterocycles. The molecule has 2 unspecified atom stereocenters. The third-order valence-electron chi connectivity index (χ3n) is 4.83. The van der Waals surface area contributed by atoms with Gasteiger partial charge in [-0.15, -0.1) is 0 Å². The van der Waals surface area contributed by atoms with Gasteiger partial charge in [0.15, 0.2) is 5.82 Å². The molecule has 0 radical (unpaired) electrons. The van der Waals surface area contributed by atoms with Gasteiger partial charge in [-0.1, -0.05) is 37.0 Å². The molecule has 20 heavy (non-hydrogen) atoms. The van der Waals surface area contributed by atoms with Gasteiger partial charge >= 0.3 is 0 Å². The molecule has 2 amide bonds. The quantitative estimate of drug-likeness (QED) is 0.533. The monoisotopic (exact) mass is 402 g/mol. The normalized spacial score (nSPS) is 42.6. The lowest BCUT2D eigenvalue weighted by Crippen LogP contribution is -2.37. The minimum Gasteiger partial charge on any atom is -0.360 e. The molecule has 0 aromatic carbocycles. The summed E-state index contributed by atoms with van der Waals surface area (Å²) in [4.78, 5) is 27.0. The fourth-order valence-corrected chi connectivity index (χ4v) is 5.91. The molecule has 2 aliphatic carbocycles. The lowest BCUT2D eigenvalue weighted by molar-refractivity contribution is -0.123. The van der Waals surface area contributed by atoms with Crippen molar-refractivity contribution in [3.05, 3.63) is 11.8 Å². The fraction of sp³-hybridized carbons (Fsp3) is 0.615. The average molecular weight is 404 g/mol. The Morgan fingerprint density at radius 2 is 1.75 bits per heavy atom. The van der Waals surface area contributed by atoms with Gasteiger partial charge in [-0.2, -0.15) is 0 Å². The van der Waals surface area contributed by atoms with Gasteiger partial charge in [0.05, 0.1) is 11.8 Å². The Balaban J connectivity index is 1.74. The molecule has 106 valence electrons. The van der Waals surface area contributed by atoms with Gasteiger partial charge in [0, 0.05) is 15.7 Å². The first-order chi connectivity index (χ1) is 9.50. The van der Waals surface area contributed by atoms with Gasteiger partial charge in [0.1, 0.15) is 5.76 Å². The number of rotatable bonds is 1. The Hall–Kier alpha value is -0.690. The highest BCUT2D eigenvalue weighted by atomic mass is 79.9. The fourth-order valence-electron chi connectivity index (χ4n) is 4.03. The van der Waals surface area contributed by atoms with E-state index in [4.69, 9.17) is 4.52 Å². The smallest absolute Gasteiger partial charge is 0.239 e. The van der Waals surface area contributed by atoms with E-state index >= 15 is 0 Å². The van der Waals surface area contributed by atoms with Crippen LogP contribution in [0.5, 0.6) is 0 Å². The zero-order valence-electron chi connectivity index (χ0n) is 10.6. The van der Waals surface area contributed by atoms with Crippen LogP contribution in [-0.4, -0.2) is 26.6 Å². The number of carbonyl (C=O) groups excluding carboxylic acids is 2. The minimum atomic E-state index is -0.206. The first-order valence-corrected chi connectivity index (χ1v) is 8.43. The van der Waals surface area contributed by atoms with Crippen molar-refractivity contribution in [3.63, 3.8) is 0 Å². The SMILES string of the molecule is Cc1cc(N2C(=O)[C@@H]3[C@H](C2=O)[C@@H]2C[C@H]3C(Br)C2Br)no1. The minimum absolute atomic E-state index is 0.121. The molecule has 1 aliphatic heterocycles. The van der Waals surface area contributed by atoms with Gasteiger partial charge in [0.2, 0.25) is 11.8 Å². The van der Waals surface area contributed by atoms with Gasteiger partial charge in [-0.3, -0.25) is 9.59 Å². The number of carbonyl (C=O) groups is 2. The average Bonchev–Trinajstić information content (AvgIpc) is 3.10. The van der Waals surface area contributed by atoms with Gasteiger partial charge in [0.25, 0.3) is 0 Å². The van der Waals surface area contributed by atoms with Gasteiger partial charge in [-0.25, -0.2) is 4.90 Å². The molecule has 7 heteroatoms. The number of amides is 2. The van der Waals surface area contributed by atoms with Crippen LogP contribution in [0.1, 0.15) is 12.2 Å². The van der Waals surface area contributed by atoms with Gasteiger partial charge < -0.3 is 4.52 Å². The van der Waals surface area contributed by atoms with E-state index in [-0.39, 0.29) is 45.1 Å². The third kappa shape index (κ3) is 1.45. The van der Waals surface area contributed by atoms with Crippen LogP contribution in [0.2, 0.25) is 0 Å². The molecular formula is C13H12Br2N2O3. The van der Waals surface area contributed by atoms with Crippen molar-refractivity contribution in [3.8, 4) is 0 Å². The first-order valence-electron chi connectivity index (χ1n) is 6.60. The molecule has 1 aromatic rings. The maximum Gasteiger partial charge on any atom is 0.239 e. The van der Waals surface area contributed by atoms with Crippen molar-refractivity contribution in [2.75, 3.05) is 4.90 Å². The predicted octanol–water partition coefficient (Wildman–Crippen LogP) is 2.27. The van der Waals surface area contributed by atoms with E-state index in [2.05, 4.69) is 37.0 Å². The number of aromatic nitrogens is 1. The number of anilines is 1. The van der Waals surface area contributed by atoms with Crippen LogP contribution in [0.15, 0.2) is 10.6 Å². The van der Waals surface area contributed by atoms with E-state index in [0.29, 0.717) is 11.6 Å². The topological polar surface area (TPSA) is 63.4 Å². The Morgan fingerprint density at radius 3 is 2.20 bits per heavy atom. The van der Waals surface area contributed by atoms with Crippen molar-refractivity contribution < 1.29 is 14.1 Å². The molecule has 4 rings (SSSR count). The molecule has 2 bridgehead atoms. The van der Waals surface area contributed by atoms with E-state index in [1.807, 2.05) is 0 Å². The van der Waals surface area contributed by atoms with E-state index in [9.17, 15) is 9.59 Å². The molecule has 0 spiro atoms. The molecule has 1 aromatic heterocycles. The molecular weight excluding hydrogens is 392 g/mol. The zero-order valence-corrected chi connectivity index (χ0v) is 13.8. The number of halogens is 2. The van der Waals surface area contributed by atoms with Crippen molar-refractivity contribution >= 4 is 49.5 Å². The summed E-state index contributed by atoms with van der Waals surface area (Å²) in [6.45, 7) is 1.75. The Morgan fingerprint density at radius 1 is 1.20 bits per heavy atom. The van der Waals surface area contributed by atoms with Crippen LogP contribution in [-0.2, 0) is 9.59 Å². The highest BCUT2D eigenvalue weighted by Crippen LogP contribution is 2.60. The Labute approximate surface area is 132 Å². The Kier molecular flexibility index (Phi) is 2.71. The van der Waals surface area contributed by atoms with Crippen LogP contribution in [0.3, 0.4) is 0 Å². The second-order valence-electron chi connectivity index (χ2n) is 5.81. The van der Waals surface area contributed by atoms with Gasteiger partial charge in [-0.05, 0) is 25.2 Å². The van der Waals surface area contributed by atoms with Crippen LogP contribution in [0, 0.1) is 30.6 Å². The largest absolute Gasteiger partial charge is 0.360 e. The molecule has 5 nitrogen and oxygen atoms in total. The summed E-state index contributed by atoms with van der Waals surface area (Å²) >= 11 is 7.32. The van der Waals surface area contributed by atoms with Crippen molar-refractivity contribution in [1.29, 1.82) is 0 Å². The maximum atomic E-state index is 12.6. The number of aryl methyl sites for hydroxylation is 1. The molecule has 0 N–H and O–H groups in total. The Bertz CT molecular complexity index is 585. The van der Waals surface area contributed by atoms with Crippen molar-refractivity contribution in [2.24, 2.45) is 23.7 Å². The van der Waals surface area contributed by atoms with E-state index < -0.39 is 0 Å². The summed E-state index contributed by atoms with van der Waals surface area (Å²) in [6, 6.07) is 1.63. The summed E-state index contributed by atoms with van der Waals surface area (Å²) < 4.78 is 4.99. The lowest BCUT2D eigenvalue weighted by atomic mass is 9.81. The summed E-state index contributed by atoms with van der Waals surface area (Å²) in [7, 11) is 0. The maximum absolute atomic E-state index is 12.6. The van der Waals surface area contributed by atoms with Crippen LogP contribution in [0.25, 0.3) is 0 Å². The van der Waals surface area contributed by atoms with E-state index in [0.717, 1.165) is 6.42 Å². The number of hydrogen-bond donors (Lipinski definition) is 0. The summed E-state index contributed by atoms with van der Waals surface area (Å²) in [5, 5.41) is 3.82. The summed E-state index contributed by atoms with van der Waals surface area (Å²) in [6.07, 6.45) is 0.935. The zero-order chi connectivity index (χ0) is 14.2. The third-order valence-corrected chi connectivity index (χ3v) is 8.04. The predicted molar refractivity (Wildman–Crippen MR) is 77.7 cm³/mol. The van der Waals surface area contributed by atoms with E-state index in [1.54, 1.807) is 13.0 Å². The number of hydrogen-bond acceptors (Lipinski definition) is 4. The molecule has 2 heterocycles. The van der Waals surface area contributed by atoms with Crippen LogP contribution >= 0.6 is 31.9 Å². The summed E-state index contributed by atoms with van der Waals surface area (Å²) in [5.41, 5.74) is 0. The van der Waals surface area contributed by atoms with Crippen molar-refractivity contribution in [2.45, 2.75) is 23.0 Å². The number of imide groups is 1. The molecule has 3 fully saturated rings. The lowest BCUT2D eigenvalue weighted by Gasteiger charge is -2.28. The second-order valence-corrected chi connectivity index (χ2v) is 7.93. The first kappa shape index (κ1) is 13.0. The number of fused-ring (bicyclic) bond motifs is 5. The highest BCUT2D eigenvalue weighted by Gasteiger charge is 2.66. The number of alkyl halides is 2. The number of nitrogens with zero attached hydrogens (tertiary/aromatic N) is 2. The van der Waals surface area contributed by atoms with Crippen LogP contribution in [0.4, 0.5) is 5.82 Å². The molecule has 6 atom stereocenters. The highest BCUT2D eigenvalue weighted by molar-refractivity contribution is 9.12. The van der Waals surface area contributed by atoms with Crippen LogP contribution < -0.4 is 4.90 Å².